The van der Waals surface area contributed by atoms with Crippen molar-refractivity contribution in [1.82, 2.24) is 9.55 Å². The van der Waals surface area contributed by atoms with Gasteiger partial charge in [-0.1, -0.05) is 45.9 Å². The van der Waals surface area contributed by atoms with Crippen LogP contribution in [-0.4, -0.2) is 9.55 Å². The minimum Gasteiger partial charge on any atom is -0.337 e. The molecule has 1 aromatic heterocycles. The van der Waals surface area contributed by atoms with Crippen molar-refractivity contribution >= 4 is 0 Å². The van der Waals surface area contributed by atoms with E-state index in [9.17, 15) is 0 Å². The number of nitrogens with zero attached hydrogens (tertiary/aromatic N) is 2. The Morgan fingerprint density at radius 1 is 1.00 bits per heavy atom. The molecule has 1 heterocycles. The quantitative estimate of drug-likeness (QED) is 0.399. The molecule has 3 aromatic rings. The number of aromatic nitrogens is 2. The first-order valence-electron chi connectivity index (χ1n) is 9.90. The van der Waals surface area contributed by atoms with Gasteiger partial charge in [-0.05, 0) is 29.8 Å². The Kier molecular flexibility index (Phi) is 5.05. The van der Waals surface area contributed by atoms with Crippen LogP contribution >= 0.6 is 0 Å². The number of rotatable bonds is 4. The van der Waals surface area contributed by atoms with Crippen molar-refractivity contribution in [2.24, 2.45) is 0 Å². The molecule has 1 radical (unpaired) electrons. The maximum absolute atomic E-state index is 8.06. The molecule has 3 rings (SSSR count). The first-order valence-corrected chi connectivity index (χ1v) is 8.40. The zero-order chi connectivity index (χ0) is 19.8. The second-order valence-corrected chi connectivity index (χ2v) is 6.67. The van der Waals surface area contributed by atoms with Crippen molar-refractivity contribution in [3.63, 3.8) is 0 Å². The van der Waals surface area contributed by atoms with Crippen LogP contribution in [0.3, 0.4) is 0 Å². The zero-order valence-electron chi connectivity index (χ0n) is 18.0. The summed E-state index contributed by atoms with van der Waals surface area (Å²) in [7, 11) is 0. The van der Waals surface area contributed by atoms with E-state index in [2.05, 4.69) is 56.9 Å². The van der Waals surface area contributed by atoms with Crippen LogP contribution in [0.5, 0.6) is 0 Å². The van der Waals surface area contributed by atoms with Crippen molar-refractivity contribution in [1.29, 1.82) is 0 Å². The van der Waals surface area contributed by atoms with Crippen LogP contribution in [-0.2, 0) is 20.1 Å². The number of benzene rings is 2. The topological polar surface area (TPSA) is 17.8 Å². The fraction of sp³-hybridized carbons (Fsp3) is 0.318. The molecule has 2 nitrogen and oxygen atoms in total. The SMILES string of the molecule is [2H]C([2H])([2H])c1cnc(-c2[c-]cccc2)n1-c1c(C(C)C)cccc1C(C)C.[Ir]. The molecule has 0 fully saturated rings. The van der Waals surface area contributed by atoms with Gasteiger partial charge in [0.25, 0.3) is 0 Å². The molecule has 0 aliphatic rings. The molecule has 2 aromatic carbocycles. The Bertz CT molecular complexity index is 902. The Morgan fingerprint density at radius 3 is 2.20 bits per heavy atom. The third kappa shape index (κ3) is 3.78. The van der Waals surface area contributed by atoms with Gasteiger partial charge in [-0.15, -0.1) is 35.9 Å². The van der Waals surface area contributed by atoms with Gasteiger partial charge in [0.05, 0.1) is 5.82 Å². The van der Waals surface area contributed by atoms with Gasteiger partial charge in [-0.25, -0.2) is 0 Å². The van der Waals surface area contributed by atoms with Crippen molar-refractivity contribution in [2.45, 2.75) is 46.4 Å². The van der Waals surface area contributed by atoms with E-state index < -0.39 is 6.85 Å². The number of imidazole rings is 1. The van der Waals surface area contributed by atoms with Crippen molar-refractivity contribution in [3.05, 3.63) is 71.5 Å². The molecular formula is C22H25IrN2-. The fourth-order valence-electron chi connectivity index (χ4n) is 3.07. The molecule has 0 unspecified atom stereocenters. The minimum atomic E-state index is -2.27. The van der Waals surface area contributed by atoms with E-state index in [1.165, 1.54) is 6.20 Å². The van der Waals surface area contributed by atoms with Crippen LogP contribution in [0.4, 0.5) is 0 Å². The monoisotopic (exact) mass is 513 g/mol. The summed E-state index contributed by atoms with van der Waals surface area (Å²) in [5, 5.41) is 0. The molecule has 0 saturated heterocycles. The molecule has 0 amide bonds. The van der Waals surface area contributed by atoms with E-state index in [0.717, 1.165) is 22.4 Å². The van der Waals surface area contributed by atoms with E-state index in [-0.39, 0.29) is 37.6 Å². The number of hydrogen-bond acceptors (Lipinski definition) is 1. The van der Waals surface area contributed by atoms with E-state index >= 15 is 0 Å². The van der Waals surface area contributed by atoms with Gasteiger partial charge in [0.1, 0.15) is 0 Å². The third-order valence-electron chi connectivity index (χ3n) is 4.28. The summed E-state index contributed by atoms with van der Waals surface area (Å²) in [6, 6.07) is 16.9. The summed E-state index contributed by atoms with van der Waals surface area (Å²) in [6.45, 7) is 6.25. The predicted molar refractivity (Wildman–Crippen MR) is 101 cm³/mol. The smallest absolute Gasteiger partial charge is 0.0605 e. The maximum Gasteiger partial charge on any atom is 0.0605 e. The fourth-order valence-corrected chi connectivity index (χ4v) is 3.07. The standard InChI is InChI=1S/C22H25N2.Ir/c1-15(2)19-12-9-13-20(16(3)4)21(19)24-17(5)14-23-22(24)18-10-7-6-8-11-18;/h6-10,12-16H,1-5H3;/q-1;/i5D3;. The number of aryl methyl sites for hydroxylation is 1. The molecule has 0 aliphatic heterocycles. The van der Waals surface area contributed by atoms with E-state index in [4.69, 9.17) is 4.11 Å². The molecule has 0 saturated carbocycles. The molecule has 25 heavy (non-hydrogen) atoms. The van der Waals surface area contributed by atoms with E-state index in [0.29, 0.717) is 5.82 Å². The van der Waals surface area contributed by atoms with E-state index in [1.807, 2.05) is 28.8 Å². The average Bonchev–Trinajstić information content (AvgIpc) is 3.06. The largest absolute Gasteiger partial charge is 0.337 e. The molecule has 3 heteroatoms. The van der Waals surface area contributed by atoms with Gasteiger partial charge in [-0.2, -0.15) is 0 Å². The Morgan fingerprint density at radius 2 is 1.68 bits per heavy atom. The molecule has 133 valence electrons. The van der Waals surface area contributed by atoms with Crippen molar-refractivity contribution in [3.8, 4) is 17.1 Å². The summed E-state index contributed by atoms with van der Waals surface area (Å²) in [5.74, 6) is 1.10. The summed E-state index contributed by atoms with van der Waals surface area (Å²) in [6.07, 6.45) is 1.48. The second kappa shape index (κ2) is 8.12. The number of hydrogen-bond donors (Lipinski definition) is 0. The van der Waals surface area contributed by atoms with Crippen LogP contribution in [0.1, 0.15) is 60.5 Å². The predicted octanol–water partition coefficient (Wildman–Crippen LogP) is 5.89. The van der Waals surface area contributed by atoms with Crippen molar-refractivity contribution < 1.29 is 24.2 Å². The molecule has 0 spiro atoms. The van der Waals surface area contributed by atoms with Crippen LogP contribution in [0, 0.1) is 12.9 Å². The van der Waals surface area contributed by atoms with Gasteiger partial charge in [0, 0.05) is 41.8 Å². The third-order valence-corrected chi connectivity index (χ3v) is 4.28. The molecule has 0 aliphatic carbocycles. The van der Waals surface area contributed by atoms with Gasteiger partial charge < -0.3 is 4.57 Å². The van der Waals surface area contributed by atoms with Crippen LogP contribution < -0.4 is 0 Å². The Balaban J connectivity index is 0.00000280. The molecular weight excluding hydrogens is 484 g/mol. The van der Waals surface area contributed by atoms with Gasteiger partial charge in [0.15, 0.2) is 0 Å². The summed E-state index contributed by atoms with van der Waals surface area (Å²) >= 11 is 0. The number of para-hydroxylation sites is 1. The maximum atomic E-state index is 8.06. The van der Waals surface area contributed by atoms with Crippen molar-refractivity contribution in [2.75, 3.05) is 0 Å². The first-order chi connectivity index (χ1) is 12.7. The second-order valence-electron chi connectivity index (χ2n) is 6.67. The Labute approximate surface area is 168 Å². The molecule has 0 bridgehead atoms. The van der Waals surface area contributed by atoms with Gasteiger partial charge in [0.2, 0.25) is 0 Å². The van der Waals surface area contributed by atoms with Crippen LogP contribution in [0.25, 0.3) is 17.1 Å². The van der Waals surface area contributed by atoms with Gasteiger partial charge in [-0.3, -0.25) is 4.98 Å². The zero-order valence-corrected chi connectivity index (χ0v) is 17.4. The van der Waals surface area contributed by atoms with Gasteiger partial charge >= 0.3 is 0 Å². The first kappa shape index (κ1) is 15.5. The van der Waals surface area contributed by atoms with Crippen LogP contribution in [0.2, 0.25) is 0 Å². The average molecular weight is 513 g/mol. The molecule has 0 N–H and O–H groups in total. The molecule has 0 atom stereocenters. The minimum absolute atomic E-state index is 0. The van der Waals surface area contributed by atoms with E-state index in [1.54, 1.807) is 0 Å². The summed E-state index contributed by atoms with van der Waals surface area (Å²) in [4.78, 5) is 4.50. The normalized spacial score (nSPS) is 13.3. The van der Waals surface area contributed by atoms with Crippen LogP contribution in [0.15, 0.2) is 48.7 Å². The summed E-state index contributed by atoms with van der Waals surface area (Å²) < 4.78 is 26.0. The Hall–Kier alpha value is -1.70. The summed E-state index contributed by atoms with van der Waals surface area (Å²) in [5.41, 5.74) is 4.16.